The summed E-state index contributed by atoms with van der Waals surface area (Å²) in [6, 6.07) is 2.20. The maximum absolute atomic E-state index is 14.1. The van der Waals surface area contributed by atoms with Crippen molar-refractivity contribution in [1.82, 2.24) is 4.72 Å². The molecule has 5 aliphatic rings. The van der Waals surface area contributed by atoms with Crippen LogP contribution >= 0.6 is 11.9 Å². The molecular formula is C30H46N2O2S. The highest BCUT2D eigenvalue weighted by atomic mass is 32.2. The van der Waals surface area contributed by atoms with E-state index in [-0.39, 0.29) is 45.8 Å². The van der Waals surface area contributed by atoms with E-state index in [9.17, 15) is 14.9 Å². The summed E-state index contributed by atoms with van der Waals surface area (Å²) in [7, 11) is 0. The fourth-order valence-corrected chi connectivity index (χ4v) is 10.5. The van der Waals surface area contributed by atoms with Gasteiger partial charge in [-0.15, -0.1) is 0 Å². The first-order chi connectivity index (χ1) is 16.6. The summed E-state index contributed by atoms with van der Waals surface area (Å²) in [5, 5.41) is 9.70. The minimum Gasteiger partial charge on any atom is -0.299 e. The van der Waals surface area contributed by atoms with Crippen LogP contribution in [-0.4, -0.2) is 23.4 Å². The van der Waals surface area contributed by atoms with E-state index < -0.39 is 0 Å². The Morgan fingerprint density at radius 1 is 1.03 bits per heavy atom. The Balaban J connectivity index is 0.00000141. The molecule has 1 N–H and O–H groups in total. The van der Waals surface area contributed by atoms with Crippen LogP contribution in [0.5, 0.6) is 0 Å². The van der Waals surface area contributed by atoms with Crippen molar-refractivity contribution in [1.29, 1.82) is 5.26 Å². The van der Waals surface area contributed by atoms with Crippen LogP contribution in [0.4, 0.5) is 0 Å². The van der Waals surface area contributed by atoms with E-state index >= 15 is 0 Å². The Morgan fingerprint density at radius 3 is 2.34 bits per heavy atom. The first-order valence-electron chi connectivity index (χ1n) is 14.1. The molecule has 0 spiro atoms. The number of nitriles is 1. The van der Waals surface area contributed by atoms with Gasteiger partial charge < -0.3 is 0 Å². The van der Waals surface area contributed by atoms with Gasteiger partial charge in [-0.2, -0.15) is 5.26 Å². The van der Waals surface area contributed by atoms with Gasteiger partial charge in [0.1, 0.15) is 11.9 Å². The second-order valence-electron chi connectivity index (χ2n) is 12.7. The lowest BCUT2D eigenvalue weighted by atomic mass is 9.37. The maximum Gasteiger partial charge on any atom is 0.176 e. The Labute approximate surface area is 217 Å². The topological polar surface area (TPSA) is 70.0 Å². The summed E-state index contributed by atoms with van der Waals surface area (Å²) in [5.41, 5.74) is 0.269. The molecular weight excluding hydrogens is 452 g/mol. The molecule has 0 amide bonds. The summed E-state index contributed by atoms with van der Waals surface area (Å²) in [5.74, 6) is 2.49. The molecule has 0 heterocycles. The fraction of sp³-hybridized carbons (Fsp3) is 0.833. The van der Waals surface area contributed by atoms with E-state index in [1.807, 2.05) is 26.8 Å². The van der Waals surface area contributed by atoms with Crippen LogP contribution in [0.15, 0.2) is 11.6 Å². The number of allylic oxidation sites excluding steroid dienone is 2. The molecule has 4 fully saturated rings. The molecule has 0 saturated heterocycles. The lowest BCUT2D eigenvalue weighted by molar-refractivity contribution is -0.176. The van der Waals surface area contributed by atoms with E-state index in [2.05, 4.69) is 37.8 Å². The number of ketones is 2. The average Bonchev–Trinajstić information content (AvgIpc) is 2.84. The highest BCUT2D eigenvalue weighted by Gasteiger charge is 2.66. The molecule has 5 aliphatic carbocycles. The van der Waals surface area contributed by atoms with Gasteiger partial charge in [-0.3, -0.25) is 14.3 Å². The van der Waals surface area contributed by atoms with Gasteiger partial charge in [0.05, 0.1) is 5.57 Å². The molecule has 4 nitrogen and oxygen atoms in total. The fourth-order valence-electron chi connectivity index (χ4n) is 9.76. The van der Waals surface area contributed by atoms with Crippen molar-refractivity contribution >= 4 is 23.5 Å². The molecule has 35 heavy (non-hydrogen) atoms. The van der Waals surface area contributed by atoms with E-state index in [1.165, 1.54) is 12.8 Å². The van der Waals surface area contributed by atoms with Gasteiger partial charge in [-0.25, -0.2) is 0 Å². The van der Waals surface area contributed by atoms with E-state index in [1.54, 1.807) is 11.9 Å². The predicted octanol–water partition coefficient (Wildman–Crippen LogP) is 6.76. The predicted molar refractivity (Wildman–Crippen MR) is 143 cm³/mol. The van der Waals surface area contributed by atoms with Crippen LogP contribution in [0.25, 0.3) is 0 Å². The van der Waals surface area contributed by atoms with Crippen molar-refractivity contribution in [3.63, 3.8) is 0 Å². The third-order valence-corrected chi connectivity index (χ3v) is 12.0. The van der Waals surface area contributed by atoms with Crippen LogP contribution in [0.2, 0.25) is 0 Å². The van der Waals surface area contributed by atoms with Crippen molar-refractivity contribution in [3.8, 4) is 6.07 Å². The van der Waals surface area contributed by atoms with Crippen molar-refractivity contribution in [2.24, 2.45) is 52.3 Å². The van der Waals surface area contributed by atoms with Crippen molar-refractivity contribution in [2.75, 3.05) is 6.26 Å². The Bertz CT molecular complexity index is 939. The molecule has 0 aliphatic heterocycles. The van der Waals surface area contributed by atoms with Crippen molar-refractivity contribution < 1.29 is 9.59 Å². The van der Waals surface area contributed by atoms with Gasteiger partial charge in [0.2, 0.25) is 0 Å². The van der Waals surface area contributed by atoms with Crippen molar-refractivity contribution in [2.45, 2.75) is 98.4 Å². The molecule has 0 aromatic heterocycles. The highest BCUT2D eigenvalue weighted by Crippen LogP contribution is 2.69. The van der Waals surface area contributed by atoms with Crippen LogP contribution < -0.4 is 4.72 Å². The molecule has 10 atom stereocenters. The minimum absolute atomic E-state index is 0.00498. The number of carbonyl (C=O) groups excluding carboxylic acids is 2. The standard InChI is InChI=1S/C28H40N2O2S.C2H6/c1-16-6-10-28(30-33-5)11-8-20-24(21(28)12-16)22(31)13-23-26(20,3)9-7-19-17(2)25(32)18(15-29)14-27(19,23)4;1-2/h14,16-17,19-21,23-24,30H,6-13H2,1-5H3;1-2H3. The second kappa shape index (κ2) is 9.64. The summed E-state index contributed by atoms with van der Waals surface area (Å²) in [6.45, 7) is 13.1. The number of hydrogen-bond acceptors (Lipinski definition) is 5. The van der Waals surface area contributed by atoms with Gasteiger partial charge in [0, 0.05) is 23.8 Å². The molecule has 0 aromatic rings. The molecule has 194 valence electrons. The molecule has 5 rings (SSSR count). The summed E-state index contributed by atoms with van der Waals surface area (Å²) >= 11 is 1.73. The van der Waals surface area contributed by atoms with Gasteiger partial charge in [-0.1, -0.05) is 59.6 Å². The largest absolute Gasteiger partial charge is 0.299 e. The zero-order valence-corrected chi connectivity index (χ0v) is 23.8. The lowest BCUT2D eigenvalue weighted by Gasteiger charge is -2.66. The van der Waals surface area contributed by atoms with Crippen molar-refractivity contribution in [3.05, 3.63) is 11.6 Å². The Kier molecular flexibility index (Phi) is 7.42. The summed E-state index contributed by atoms with van der Waals surface area (Å²) in [6.07, 6.45) is 12.7. The van der Waals surface area contributed by atoms with E-state index in [0.717, 1.165) is 32.1 Å². The molecule has 10 unspecified atom stereocenters. The van der Waals surface area contributed by atoms with Crippen LogP contribution in [0.3, 0.4) is 0 Å². The number of Topliss-reactive ketones (excluding diaryl/α,β-unsaturated/α-hetero) is 2. The first kappa shape index (κ1) is 26.9. The minimum atomic E-state index is -0.252. The Morgan fingerprint density at radius 2 is 1.69 bits per heavy atom. The first-order valence-corrected chi connectivity index (χ1v) is 15.3. The van der Waals surface area contributed by atoms with Gasteiger partial charge in [0.15, 0.2) is 5.78 Å². The monoisotopic (exact) mass is 498 g/mol. The quantitative estimate of drug-likeness (QED) is 0.426. The molecule has 0 radical (unpaired) electrons. The third-order valence-electron chi connectivity index (χ3n) is 11.3. The molecule has 5 heteroatoms. The smallest absolute Gasteiger partial charge is 0.176 e. The number of fused-ring (bicyclic) bond motifs is 7. The third kappa shape index (κ3) is 3.88. The number of rotatable bonds is 2. The van der Waals surface area contributed by atoms with Crippen LogP contribution in [-0.2, 0) is 9.59 Å². The molecule has 0 aromatic carbocycles. The molecule has 0 bridgehead atoms. The average molecular weight is 499 g/mol. The van der Waals surface area contributed by atoms with Gasteiger partial charge in [-0.05, 0) is 91.6 Å². The second-order valence-corrected chi connectivity index (χ2v) is 13.3. The van der Waals surface area contributed by atoms with Crippen LogP contribution in [0.1, 0.15) is 92.9 Å². The zero-order chi connectivity index (χ0) is 25.8. The highest BCUT2D eigenvalue weighted by molar-refractivity contribution is 7.96. The molecule has 4 saturated carbocycles. The van der Waals surface area contributed by atoms with E-state index in [0.29, 0.717) is 35.5 Å². The summed E-state index contributed by atoms with van der Waals surface area (Å²) < 4.78 is 3.82. The van der Waals surface area contributed by atoms with Gasteiger partial charge >= 0.3 is 0 Å². The number of hydrogen-bond donors (Lipinski definition) is 1. The zero-order valence-electron chi connectivity index (χ0n) is 22.9. The van der Waals surface area contributed by atoms with E-state index in [4.69, 9.17) is 0 Å². The lowest BCUT2D eigenvalue weighted by Crippen LogP contribution is -2.66. The maximum atomic E-state index is 14.1. The number of carbonyl (C=O) groups is 2. The van der Waals surface area contributed by atoms with Gasteiger partial charge in [0.25, 0.3) is 0 Å². The number of nitrogens with one attached hydrogen (secondary N) is 1. The summed E-state index contributed by atoms with van der Waals surface area (Å²) in [4.78, 5) is 26.9. The normalized spacial score (nSPS) is 48.6. The van der Waals surface area contributed by atoms with Crippen LogP contribution in [0, 0.1) is 63.6 Å². The SMILES string of the molecule is CC.CSNC12CCC(C)CC1C1C(=O)CC3C4(C)C=C(C#N)C(=O)C(C)C4CCC3(C)C1CC2. The number of nitrogens with zero attached hydrogens (tertiary/aromatic N) is 1. The Hall–Kier alpha value is -1.12.